The van der Waals surface area contributed by atoms with E-state index in [9.17, 15) is 9.59 Å². The molecule has 2 heterocycles. The fourth-order valence-electron chi connectivity index (χ4n) is 2.42. The van der Waals surface area contributed by atoms with Crippen LogP contribution in [0.25, 0.3) is 10.9 Å². The zero-order chi connectivity index (χ0) is 16.4. The average Bonchev–Trinajstić information content (AvgIpc) is 3.20. The minimum absolute atomic E-state index is 0. The van der Waals surface area contributed by atoms with Gasteiger partial charge in [-0.05, 0) is 11.6 Å². The fraction of sp³-hybridized carbons (Fsp3) is 0.250. The largest absolute Gasteiger partial charge is 0.354 e. The zero-order valence-electron chi connectivity index (χ0n) is 12.8. The van der Waals surface area contributed by atoms with Gasteiger partial charge in [-0.1, -0.05) is 19.6 Å². The standard InChI is InChI=1S/C15H16N6O2.CH4/c1-16-14(22)12-6-13(15(23)17-2)21(20-12)8-9-4-3-5-11-10(9)7-18-19-11;/h3-7H,8H2,1-2H3,(H,16,22)(H,17,23)(H,18,19);1H4. The van der Waals surface area contributed by atoms with Crippen LogP contribution in [0.3, 0.4) is 0 Å². The molecule has 0 aliphatic rings. The quantitative estimate of drug-likeness (QED) is 0.668. The third-order valence-corrected chi connectivity index (χ3v) is 3.59. The Hall–Kier alpha value is -3.16. The van der Waals surface area contributed by atoms with Crippen molar-refractivity contribution >= 4 is 22.7 Å². The maximum atomic E-state index is 12.0. The first-order valence-corrected chi connectivity index (χ1v) is 7.07. The van der Waals surface area contributed by atoms with E-state index in [1.807, 2.05) is 18.2 Å². The van der Waals surface area contributed by atoms with Crippen molar-refractivity contribution in [3.05, 3.63) is 47.4 Å². The van der Waals surface area contributed by atoms with E-state index in [0.717, 1.165) is 16.5 Å². The number of amides is 2. The number of H-pyrrole nitrogens is 1. The van der Waals surface area contributed by atoms with Crippen molar-refractivity contribution in [1.29, 1.82) is 0 Å². The van der Waals surface area contributed by atoms with Gasteiger partial charge < -0.3 is 10.6 Å². The molecule has 0 fully saturated rings. The molecule has 0 unspecified atom stereocenters. The monoisotopic (exact) mass is 328 g/mol. The highest BCUT2D eigenvalue weighted by atomic mass is 16.2. The Bertz CT molecular complexity index is 880. The Morgan fingerprint density at radius 2 is 1.96 bits per heavy atom. The molecule has 0 radical (unpaired) electrons. The lowest BCUT2D eigenvalue weighted by Gasteiger charge is -2.07. The van der Waals surface area contributed by atoms with Crippen molar-refractivity contribution in [2.45, 2.75) is 14.0 Å². The molecule has 1 aromatic carbocycles. The summed E-state index contributed by atoms with van der Waals surface area (Å²) in [6, 6.07) is 7.24. The second kappa shape index (κ2) is 6.95. The normalized spacial score (nSPS) is 10.2. The van der Waals surface area contributed by atoms with Crippen molar-refractivity contribution in [2.75, 3.05) is 14.1 Å². The molecule has 0 saturated heterocycles. The predicted octanol–water partition coefficient (Wildman–Crippen LogP) is 1.16. The maximum Gasteiger partial charge on any atom is 0.271 e. The van der Waals surface area contributed by atoms with Gasteiger partial charge in [-0.15, -0.1) is 0 Å². The van der Waals surface area contributed by atoms with E-state index in [1.54, 1.807) is 6.20 Å². The topological polar surface area (TPSA) is 105 Å². The third kappa shape index (κ3) is 2.98. The number of benzene rings is 1. The summed E-state index contributed by atoms with van der Waals surface area (Å²) < 4.78 is 1.52. The molecule has 2 amide bonds. The summed E-state index contributed by atoms with van der Waals surface area (Å²) in [7, 11) is 3.06. The first-order valence-electron chi connectivity index (χ1n) is 7.07. The maximum absolute atomic E-state index is 12.0. The molecule has 3 rings (SSSR count). The molecule has 126 valence electrons. The van der Waals surface area contributed by atoms with Gasteiger partial charge in [0.05, 0.1) is 18.3 Å². The number of fused-ring (bicyclic) bond motifs is 1. The minimum Gasteiger partial charge on any atom is -0.354 e. The number of hydrogen-bond acceptors (Lipinski definition) is 4. The Kier molecular flexibility index (Phi) is 4.98. The first-order chi connectivity index (χ1) is 11.1. The molecule has 0 atom stereocenters. The van der Waals surface area contributed by atoms with Crippen LogP contribution in [0.1, 0.15) is 34.0 Å². The molecule has 0 aliphatic carbocycles. The second-order valence-corrected chi connectivity index (χ2v) is 4.98. The Morgan fingerprint density at radius 3 is 2.67 bits per heavy atom. The second-order valence-electron chi connectivity index (χ2n) is 4.98. The molecule has 3 N–H and O–H groups in total. The van der Waals surface area contributed by atoms with Crippen LogP contribution in [-0.4, -0.2) is 45.9 Å². The van der Waals surface area contributed by atoms with Gasteiger partial charge in [-0.25, -0.2) is 0 Å². The number of hydrogen-bond donors (Lipinski definition) is 3. The molecule has 8 nitrogen and oxygen atoms in total. The molecule has 0 spiro atoms. The van der Waals surface area contributed by atoms with Crippen LogP contribution in [0, 0.1) is 0 Å². The summed E-state index contributed by atoms with van der Waals surface area (Å²) >= 11 is 0. The van der Waals surface area contributed by atoms with Gasteiger partial charge in [0, 0.05) is 25.5 Å². The number of aromatic amines is 1. The summed E-state index contributed by atoms with van der Waals surface area (Å²) in [5.41, 5.74) is 2.38. The van der Waals surface area contributed by atoms with E-state index in [2.05, 4.69) is 25.9 Å². The number of carbonyl (C=O) groups excluding carboxylic acids is 2. The lowest BCUT2D eigenvalue weighted by atomic mass is 10.1. The van der Waals surface area contributed by atoms with Crippen molar-refractivity contribution in [2.24, 2.45) is 0 Å². The van der Waals surface area contributed by atoms with E-state index < -0.39 is 0 Å². The zero-order valence-corrected chi connectivity index (χ0v) is 12.8. The Labute approximate surface area is 139 Å². The summed E-state index contributed by atoms with van der Waals surface area (Å²) in [4.78, 5) is 23.8. The van der Waals surface area contributed by atoms with Crippen molar-refractivity contribution in [3.8, 4) is 0 Å². The molecule has 0 bridgehead atoms. The lowest BCUT2D eigenvalue weighted by molar-refractivity contribution is 0.0947. The van der Waals surface area contributed by atoms with Crippen molar-refractivity contribution in [1.82, 2.24) is 30.6 Å². The van der Waals surface area contributed by atoms with Gasteiger partial charge in [-0.2, -0.15) is 10.2 Å². The third-order valence-electron chi connectivity index (χ3n) is 3.59. The van der Waals surface area contributed by atoms with Crippen LogP contribution in [0.4, 0.5) is 0 Å². The number of nitrogens with one attached hydrogen (secondary N) is 3. The van der Waals surface area contributed by atoms with Crippen molar-refractivity contribution in [3.63, 3.8) is 0 Å². The minimum atomic E-state index is -0.338. The molecule has 0 saturated carbocycles. The highest BCUT2D eigenvalue weighted by Crippen LogP contribution is 2.18. The highest BCUT2D eigenvalue weighted by Gasteiger charge is 2.18. The summed E-state index contributed by atoms with van der Waals surface area (Å²) in [5, 5.41) is 17.2. The van der Waals surface area contributed by atoms with E-state index >= 15 is 0 Å². The van der Waals surface area contributed by atoms with Crippen LogP contribution in [0.2, 0.25) is 0 Å². The highest BCUT2D eigenvalue weighted by molar-refractivity contribution is 5.97. The SMILES string of the molecule is C.CNC(=O)c1cc(C(=O)NC)n(Cc2cccc3[nH]ncc23)n1. The van der Waals surface area contributed by atoms with E-state index in [4.69, 9.17) is 0 Å². The number of rotatable bonds is 4. The average molecular weight is 328 g/mol. The van der Waals surface area contributed by atoms with E-state index in [1.165, 1.54) is 24.8 Å². The Morgan fingerprint density at radius 1 is 1.21 bits per heavy atom. The number of carbonyl (C=O) groups is 2. The summed E-state index contributed by atoms with van der Waals surface area (Å²) in [5.74, 6) is -0.637. The fourth-order valence-corrected chi connectivity index (χ4v) is 2.42. The van der Waals surface area contributed by atoms with E-state index in [-0.39, 0.29) is 24.9 Å². The molecule has 3 aromatic rings. The predicted molar refractivity (Wildman–Crippen MR) is 90.9 cm³/mol. The summed E-state index contributed by atoms with van der Waals surface area (Å²) in [6.45, 7) is 0.358. The van der Waals surface area contributed by atoms with Gasteiger partial charge in [0.25, 0.3) is 11.8 Å². The molecule has 2 aromatic heterocycles. The lowest BCUT2D eigenvalue weighted by Crippen LogP contribution is -2.22. The smallest absolute Gasteiger partial charge is 0.271 e. The van der Waals surface area contributed by atoms with Crippen LogP contribution in [0.15, 0.2) is 30.5 Å². The number of aromatic nitrogens is 4. The van der Waals surface area contributed by atoms with Crippen LogP contribution in [0.5, 0.6) is 0 Å². The molecule has 24 heavy (non-hydrogen) atoms. The van der Waals surface area contributed by atoms with Gasteiger partial charge in [-0.3, -0.25) is 19.4 Å². The molecule has 8 heteroatoms. The van der Waals surface area contributed by atoms with Crippen LogP contribution in [-0.2, 0) is 6.54 Å². The molecular weight excluding hydrogens is 308 g/mol. The number of nitrogens with zero attached hydrogens (tertiary/aromatic N) is 3. The van der Waals surface area contributed by atoms with Gasteiger partial charge in [0.15, 0.2) is 5.69 Å². The van der Waals surface area contributed by atoms with Crippen molar-refractivity contribution < 1.29 is 9.59 Å². The first kappa shape index (κ1) is 17.2. The summed E-state index contributed by atoms with van der Waals surface area (Å²) in [6.07, 6.45) is 1.73. The molecular formula is C16H20N6O2. The Balaban J connectivity index is 0.00000208. The van der Waals surface area contributed by atoms with Gasteiger partial charge in [0.1, 0.15) is 5.69 Å². The van der Waals surface area contributed by atoms with Crippen LogP contribution < -0.4 is 10.6 Å². The molecule has 0 aliphatic heterocycles. The van der Waals surface area contributed by atoms with Crippen LogP contribution >= 0.6 is 0 Å². The van der Waals surface area contributed by atoms with Gasteiger partial charge >= 0.3 is 0 Å². The van der Waals surface area contributed by atoms with Gasteiger partial charge in [0.2, 0.25) is 0 Å². The van der Waals surface area contributed by atoms with E-state index in [0.29, 0.717) is 12.2 Å².